The standard InChI is InChI=1S/C18H16ClN5O2S2/c1-11-15(6-7-25-11)17-22-23-18(24(17)20)28-10-13-9-27-16(21-13)8-26-14-4-2-12(19)3-5-14/h2-7,9H,8,10,20H2,1H3. The zero-order valence-corrected chi connectivity index (χ0v) is 17.2. The summed E-state index contributed by atoms with van der Waals surface area (Å²) in [7, 11) is 0. The summed E-state index contributed by atoms with van der Waals surface area (Å²) in [6.07, 6.45) is 1.61. The Bertz CT molecular complexity index is 1070. The van der Waals surface area contributed by atoms with Crippen molar-refractivity contribution in [2.24, 2.45) is 0 Å². The summed E-state index contributed by atoms with van der Waals surface area (Å²) < 4.78 is 12.5. The molecule has 0 aliphatic rings. The molecule has 4 rings (SSSR count). The van der Waals surface area contributed by atoms with Gasteiger partial charge in [0.25, 0.3) is 0 Å². The molecule has 0 saturated carbocycles. The first kappa shape index (κ1) is 18.9. The van der Waals surface area contributed by atoms with E-state index in [2.05, 4.69) is 15.2 Å². The molecule has 3 aromatic heterocycles. The number of nitrogens with two attached hydrogens (primary N) is 1. The highest BCUT2D eigenvalue weighted by molar-refractivity contribution is 7.98. The number of furan rings is 1. The van der Waals surface area contributed by atoms with Gasteiger partial charge in [-0.3, -0.25) is 0 Å². The first-order valence-corrected chi connectivity index (χ1v) is 10.5. The number of thiazole rings is 1. The summed E-state index contributed by atoms with van der Waals surface area (Å²) in [6, 6.07) is 9.08. The zero-order chi connectivity index (χ0) is 19.5. The fourth-order valence-corrected chi connectivity index (χ4v) is 4.16. The molecule has 1 aromatic carbocycles. The van der Waals surface area contributed by atoms with Crippen LogP contribution < -0.4 is 10.6 Å². The predicted octanol–water partition coefficient (Wildman–Crippen LogP) is 4.54. The van der Waals surface area contributed by atoms with E-state index in [-0.39, 0.29) is 0 Å². The van der Waals surface area contributed by atoms with Crippen LogP contribution in [-0.2, 0) is 12.4 Å². The minimum atomic E-state index is 0.411. The van der Waals surface area contributed by atoms with E-state index in [0.717, 1.165) is 27.8 Å². The van der Waals surface area contributed by atoms with E-state index < -0.39 is 0 Å². The quantitative estimate of drug-likeness (QED) is 0.337. The fourth-order valence-electron chi connectivity index (χ4n) is 2.47. The van der Waals surface area contributed by atoms with Gasteiger partial charge in [0.05, 0.1) is 17.5 Å². The van der Waals surface area contributed by atoms with Gasteiger partial charge in [-0.2, -0.15) is 0 Å². The number of aryl methyl sites for hydroxylation is 1. The summed E-state index contributed by atoms with van der Waals surface area (Å²) in [5.41, 5.74) is 1.77. The maximum absolute atomic E-state index is 6.14. The van der Waals surface area contributed by atoms with Crippen molar-refractivity contribution in [3.05, 3.63) is 63.5 Å². The Morgan fingerprint density at radius 2 is 2.07 bits per heavy atom. The average Bonchev–Trinajstić information content (AvgIpc) is 3.40. The van der Waals surface area contributed by atoms with Crippen LogP contribution in [0, 0.1) is 6.92 Å². The fraction of sp³-hybridized carbons (Fsp3) is 0.167. The first-order chi connectivity index (χ1) is 13.6. The van der Waals surface area contributed by atoms with Crippen molar-refractivity contribution < 1.29 is 9.15 Å². The van der Waals surface area contributed by atoms with Gasteiger partial charge in [-0.05, 0) is 37.3 Å². The van der Waals surface area contributed by atoms with Gasteiger partial charge in [0.15, 0.2) is 5.82 Å². The lowest BCUT2D eigenvalue weighted by molar-refractivity contribution is 0.305. The van der Waals surface area contributed by atoms with Crippen LogP contribution in [0.4, 0.5) is 0 Å². The van der Waals surface area contributed by atoms with Gasteiger partial charge >= 0.3 is 0 Å². The summed E-state index contributed by atoms with van der Waals surface area (Å²) in [5, 5.41) is 12.5. The molecule has 0 spiro atoms. The molecule has 0 amide bonds. The van der Waals surface area contributed by atoms with E-state index in [1.807, 2.05) is 30.5 Å². The van der Waals surface area contributed by atoms with Gasteiger partial charge in [-0.15, -0.1) is 21.5 Å². The third-order valence-corrected chi connectivity index (χ3v) is 5.99. The molecule has 28 heavy (non-hydrogen) atoms. The minimum Gasteiger partial charge on any atom is -0.486 e. The molecule has 10 heteroatoms. The predicted molar refractivity (Wildman–Crippen MR) is 110 cm³/mol. The highest BCUT2D eigenvalue weighted by Crippen LogP contribution is 2.27. The van der Waals surface area contributed by atoms with Gasteiger partial charge in [0.2, 0.25) is 5.16 Å². The summed E-state index contributed by atoms with van der Waals surface area (Å²) in [4.78, 5) is 4.59. The number of halogens is 1. The minimum absolute atomic E-state index is 0.411. The molecule has 0 saturated heterocycles. The summed E-state index contributed by atoms with van der Waals surface area (Å²) >= 11 is 8.90. The van der Waals surface area contributed by atoms with Crippen LogP contribution in [0.25, 0.3) is 11.4 Å². The van der Waals surface area contributed by atoms with Gasteiger partial charge in [0.1, 0.15) is 23.1 Å². The zero-order valence-electron chi connectivity index (χ0n) is 14.8. The van der Waals surface area contributed by atoms with Crippen molar-refractivity contribution in [3.63, 3.8) is 0 Å². The molecule has 0 radical (unpaired) electrons. The molecular formula is C18H16ClN5O2S2. The maximum Gasteiger partial charge on any atom is 0.210 e. The van der Waals surface area contributed by atoms with E-state index in [1.165, 1.54) is 16.4 Å². The second-order valence-corrected chi connectivity index (χ2v) is 8.15. The monoisotopic (exact) mass is 433 g/mol. The first-order valence-electron chi connectivity index (χ1n) is 8.29. The van der Waals surface area contributed by atoms with Crippen molar-refractivity contribution in [2.45, 2.75) is 24.4 Å². The number of thioether (sulfide) groups is 1. The van der Waals surface area contributed by atoms with Crippen molar-refractivity contribution >= 4 is 34.7 Å². The molecule has 0 unspecified atom stereocenters. The maximum atomic E-state index is 6.14. The lowest BCUT2D eigenvalue weighted by Crippen LogP contribution is -2.11. The van der Waals surface area contributed by atoms with E-state index in [4.69, 9.17) is 26.6 Å². The van der Waals surface area contributed by atoms with Crippen LogP contribution in [0.1, 0.15) is 16.5 Å². The largest absolute Gasteiger partial charge is 0.486 e. The Morgan fingerprint density at radius 3 is 2.82 bits per heavy atom. The number of nitrogen functional groups attached to an aromatic ring is 1. The Hall–Kier alpha value is -2.49. The number of aromatic nitrogens is 4. The van der Waals surface area contributed by atoms with E-state index in [0.29, 0.717) is 28.4 Å². The summed E-state index contributed by atoms with van der Waals surface area (Å²) in [5.74, 6) is 8.86. The Morgan fingerprint density at radius 1 is 1.25 bits per heavy atom. The normalized spacial score (nSPS) is 11.1. The van der Waals surface area contributed by atoms with Crippen LogP contribution in [0.15, 0.2) is 51.5 Å². The molecule has 2 N–H and O–H groups in total. The SMILES string of the molecule is Cc1occc1-c1nnc(SCc2csc(COc3ccc(Cl)cc3)n2)n1N. The second-order valence-electron chi connectivity index (χ2n) is 5.83. The van der Waals surface area contributed by atoms with Crippen LogP contribution in [-0.4, -0.2) is 19.9 Å². The molecule has 144 valence electrons. The van der Waals surface area contributed by atoms with Crippen molar-refractivity contribution in [1.82, 2.24) is 19.9 Å². The van der Waals surface area contributed by atoms with E-state index in [1.54, 1.807) is 29.7 Å². The molecule has 3 heterocycles. The Labute approximate surface area is 174 Å². The Balaban J connectivity index is 1.35. The van der Waals surface area contributed by atoms with Gasteiger partial charge < -0.3 is 15.0 Å². The molecule has 0 bridgehead atoms. The number of nitrogens with zero attached hydrogens (tertiary/aromatic N) is 4. The molecule has 7 nitrogen and oxygen atoms in total. The van der Waals surface area contributed by atoms with Crippen molar-refractivity contribution in [2.75, 3.05) is 5.84 Å². The highest BCUT2D eigenvalue weighted by Gasteiger charge is 2.16. The van der Waals surface area contributed by atoms with E-state index >= 15 is 0 Å². The number of hydrogen-bond acceptors (Lipinski definition) is 8. The van der Waals surface area contributed by atoms with Gasteiger partial charge in [0, 0.05) is 16.2 Å². The molecule has 0 aliphatic carbocycles. The molecule has 0 aliphatic heterocycles. The molecule has 0 atom stereocenters. The topological polar surface area (TPSA) is 92.0 Å². The number of ether oxygens (including phenoxy) is 1. The van der Waals surface area contributed by atoms with Crippen LogP contribution in [0.5, 0.6) is 5.75 Å². The Kier molecular flexibility index (Phi) is 5.56. The van der Waals surface area contributed by atoms with Crippen LogP contribution >= 0.6 is 34.7 Å². The number of rotatable bonds is 7. The average molecular weight is 434 g/mol. The van der Waals surface area contributed by atoms with E-state index in [9.17, 15) is 0 Å². The van der Waals surface area contributed by atoms with Crippen molar-refractivity contribution in [1.29, 1.82) is 0 Å². The third-order valence-electron chi connectivity index (χ3n) is 3.89. The molecule has 4 aromatic rings. The molecule has 0 fully saturated rings. The van der Waals surface area contributed by atoms with Crippen molar-refractivity contribution in [3.8, 4) is 17.1 Å². The van der Waals surface area contributed by atoms with Gasteiger partial charge in [-0.1, -0.05) is 23.4 Å². The number of benzene rings is 1. The highest BCUT2D eigenvalue weighted by atomic mass is 35.5. The lowest BCUT2D eigenvalue weighted by atomic mass is 10.2. The second kappa shape index (κ2) is 8.26. The smallest absolute Gasteiger partial charge is 0.210 e. The summed E-state index contributed by atoms with van der Waals surface area (Å²) in [6.45, 7) is 2.27. The van der Waals surface area contributed by atoms with Crippen LogP contribution in [0.2, 0.25) is 5.02 Å². The molecular weight excluding hydrogens is 418 g/mol. The number of hydrogen-bond donors (Lipinski definition) is 1. The lowest BCUT2D eigenvalue weighted by Gasteiger charge is -2.03. The van der Waals surface area contributed by atoms with Gasteiger partial charge in [-0.25, -0.2) is 9.66 Å². The third kappa shape index (κ3) is 4.16. The van der Waals surface area contributed by atoms with Crippen LogP contribution in [0.3, 0.4) is 0 Å².